The lowest BCUT2D eigenvalue weighted by molar-refractivity contribution is -0.0444. The van der Waals surface area contributed by atoms with E-state index in [1.807, 2.05) is 18.2 Å². The molecule has 0 saturated carbocycles. The molecule has 2 bridgehead atoms. The molecule has 0 radical (unpaired) electrons. The molecule has 5 atom stereocenters. The summed E-state index contributed by atoms with van der Waals surface area (Å²) in [5.41, 5.74) is 2.67. The van der Waals surface area contributed by atoms with Gasteiger partial charge in [-0.2, -0.15) is 0 Å². The Labute approximate surface area is 160 Å². The van der Waals surface area contributed by atoms with Crippen LogP contribution in [0.3, 0.4) is 0 Å². The van der Waals surface area contributed by atoms with E-state index in [1.54, 1.807) is 13.3 Å². The van der Waals surface area contributed by atoms with E-state index in [2.05, 4.69) is 22.5 Å². The molecule has 0 aliphatic carbocycles. The van der Waals surface area contributed by atoms with Crippen LogP contribution < -0.4 is 4.74 Å². The smallest absolute Gasteiger partial charge is 0.122 e. The van der Waals surface area contributed by atoms with Crippen molar-refractivity contribution in [3.8, 4) is 5.75 Å². The Bertz CT molecular complexity index is 838. The number of rotatable bonds is 6. The topological polar surface area (TPSA) is 65.8 Å². The van der Waals surface area contributed by atoms with Crippen LogP contribution in [0.15, 0.2) is 37.1 Å². The number of pyridine rings is 1. The number of aliphatic hydroxyl groups excluding tert-OH is 2. The summed E-state index contributed by atoms with van der Waals surface area (Å²) in [6.07, 6.45) is 6.00. The van der Waals surface area contributed by atoms with Crippen molar-refractivity contribution in [2.75, 3.05) is 26.8 Å². The van der Waals surface area contributed by atoms with Gasteiger partial charge in [0.1, 0.15) is 5.75 Å². The van der Waals surface area contributed by atoms with Gasteiger partial charge < -0.3 is 14.9 Å². The SMILES string of the molecule is C=C[C@H]1CN2CCC1C[C@H]2[C@H](O)c1ccnc2cc(CCO)c(OC)cc12. The van der Waals surface area contributed by atoms with Crippen molar-refractivity contribution in [3.05, 3.63) is 48.2 Å². The molecule has 4 heterocycles. The van der Waals surface area contributed by atoms with Gasteiger partial charge in [-0.1, -0.05) is 6.08 Å². The van der Waals surface area contributed by atoms with Crippen LogP contribution in [0.25, 0.3) is 10.9 Å². The largest absolute Gasteiger partial charge is 0.496 e. The van der Waals surface area contributed by atoms with Gasteiger partial charge in [0.05, 0.1) is 18.7 Å². The number of hydrogen-bond acceptors (Lipinski definition) is 5. The summed E-state index contributed by atoms with van der Waals surface area (Å²) in [7, 11) is 1.63. The standard InChI is InChI=1S/C22H28N2O3/c1-3-14-13-24-8-5-15(14)11-20(24)22(26)17-4-7-23-19-10-16(6-9-25)21(27-2)12-18(17)19/h3-4,7,10,12,14-15,20,22,25-26H,1,5-6,8-9,11,13H2,2H3/t14-,15?,20-,22+/m0/s1. The predicted octanol–water partition coefficient (Wildman–Crippen LogP) is 2.71. The zero-order chi connectivity index (χ0) is 19.0. The third kappa shape index (κ3) is 3.24. The molecular weight excluding hydrogens is 340 g/mol. The maximum absolute atomic E-state index is 11.3. The minimum absolute atomic E-state index is 0.0626. The number of hydrogen-bond donors (Lipinski definition) is 2. The zero-order valence-electron chi connectivity index (χ0n) is 15.8. The number of aromatic nitrogens is 1. The highest BCUT2D eigenvalue weighted by atomic mass is 16.5. The van der Waals surface area contributed by atoms with E-state index in [9.17, 15) is 10.2 Å². The molecular formula is C22H28N2O3. The molecule has 3 aliphatic rings. The van der Waals surface area contributed by atoms with Crippen LogP contribution >= 0.6 is 0 Å². The third-order valence-corrected chi connectivity index (χ3v) is 6.40. The average molecular weight is 368 g/mol. The number of aliphatic hydroxyl groups is 2. The lowest BCUT2D eigenvalue weighted by Crippen LogP contribution is -2.54. The lowest BCUT2D eigenvalue weighted by atomic mass is 9.73. The summed E-state index contributed by atoms with van der Waals surface area (Å²) >= 11 is 0. The average Bonchev–Trinajstić information content (AvgIpc) is 2.72. The molecule has 1 aromatic carbocycles. The van der Waals surface area contributed by atoms with Crippen molar-refractivity contribution in [1.82, 2.24) is 9.88 Å². The molecule has 3 saturated heterocycles. The summed E-state index contributed by atoms with van der Waals surface area (Å²) in [6.45, 7) is 6.08. The molecule has 144 valence electrons. The molecule has 3 aliphatic heterocycles. The van der Waals surface area contributed by atoms with Gasteiger partial charge in [0.15, 0.2) is 0 Å². The molecule has 5 heteroatoms. The van der Waals surface area contributed by atoms with E-state index in [0.29, 0.717) is 18.3 Å². The molecule has 5 rings (SSSR count). The quantitative estimate of drug-likeness (QED) is 0.768. The Morgan fingerprint density at radius 3 is 2.96 bits per heavy atom. The highest BCUT2D eigenvalue weighted by Gasteiger charge is 2.42. The number of piperidine rings is 3. The fourth-order valence-corrected chi connectivity index (χ4v) is 4.91. The third-order valence-electron chi connectivity index (χ3n) is 6.40. The van der Waals surface area contributed by atoms with E-state index in [-0.39, 0.29) is 12.6 Å². The maximum Gasteiger partial charge on any atom is 0.122 e. The second-order valence-corrected chi connectivity index (χ2v) is 7.75. The van der Waals surface area contributed by atoms with Crippen molar-refractivity contribution in [1.29, 1.82) is 0 Å². The van der Waals surface area contributed by atoms with Gasteiger partial charge in [-0.05, 0) is 67.0 Å². The molecule has 0 amide bonds. The number of nitrogens with zero attached hydrogens (tertiary/aromatic N) is 2. The first-order valence-electron chi connectivity index (χ1n) is 9.77. The molecule has 2 unspecified atom stereocenters. The minimum atomic E-state index is -0.558. The van der Waals surface area contributed by atoms with Crippen molar-refractivity contribution in [3.63, 3.8) is 0 Å². The Morgan fingerprint density at radius 2 is 2.30 bits per heavy atom. The molecule has 3 fully saturated rings. The van der Waals surface area contributed by atoms with Gasteiger partial charge in [0.2, 0.25) is 0 Å². The van der Waals surface area contributed by atoms with Crippen molar-refractivity contribution >= 4 is 10.9 Å². The van der Waals surface area contributed by atoms with Gasteiger partial charge in [-0.3, -0.25) is 9.88 Å². The first-order valence-corrected chi connectivity index (χ1v) is 9.77. The predicted molar refractivity (Wildman–Crippen MR) is 106 cm³/mol. The molecule has 0 spiro atoms. The van der Waals surface area contributed by atoms with E-state index in [1.165, 1.54) is 6.42 Å². The number of benzene rings is 1. The van der Waals surface area contributed by atoms with Crippen LogP contribution in [0, 0.1) is 11.8 Å². The van der Waals surface area contributed by atoms with Gasteiger partial charge >= 0.3 is 0 Å². The van der Waals surface area contributed by atoms with Gasteiger partial charge in [-0.25, -0.2) is 0 Å². The fraction of sp³-hybridized carbons (Fsp3) is 0.500. The van der Waals surface area contributed by atoms with Crippen molar-refractivity contribution in [2.45, 2.75) is 31.4 Å². The van der Waals surface area contributed by atoms with E-state index < -0.39 is 6.10 Å². The molecule has 2 aromatic rings. The van der Waals surface area contributed by atoms with Gasteiger partial charge in [-0.15, -0.1) is 6.58 Å². The molecule has 5 nitrogen and oxygen atoms in total. The summed E-state index contributed by atoms with van der Waals surface area (Å²) in [4.78, 5) is 6.90. The fourth-order valence-electron chi connectivity index (χ4n) is 4.91. The highest BCUT2D eigenvalue weighted by Crippen LogP contribution is 2.42. The van der Waals surface area contributed by atoms with Crippen molar-refractivity contribution in [2.24, 2.45) is 11.8 Å². The summed E-state index contributed by atoms with van der Waals surface area (Å²) in [5.74, 6) is 1.89. The highest BCUT2D eigenvalue weighted by molar-refractivity contribution is 5.85. The van der Waals surface area contributed by atoms with Gasteiger partial charge in [0.25, 0.3) is 0 Å². The number of fused-ring (bicyclic) bond motifs is 4. The van der Waals surface area contributed by atoms with Crippen LogP contribution in [0.1, 0.15) is 30.1 Å². The Balaban J connectivity index is 1.70. The minimum Gasteiger partial charge on any atom is -0.496 e. The second-order valence-electron chi connectivity index (χ2n) is 7.75. The number of ether oxygens (including phenoxy) is 1. The summed E-state index contributed by atoms with van der Waals surface area (Å²) in [5, 5.41) is 21.5. The second kappa shape index (κ2) is 7.58. The lowest BCUT2D eigenvalue weighted by Gasteiger charge is -2.50. The van der Waals surface area contributed by atoms with Crippen LogP contribution in [0.4, 0.5) is 0 Å². The molecule has 27 heavy (non-hydrogen) atoms. The first-order chi connectivity index (χ1) is 13.2. The van der Waals surface area contributed by atoms with Crippen LogP contribution in [-0.4, -0.2) is 52.9 Å². The first kappa shape index (κ1) is 18.4. The number of methoxy groups -OCH3 is 1. The van der Waals surface area contributed by atoms with Crippen LogP contribution in [0.2, 0.25) is 0 Å². The van der Waals surface area contributed by atoms with E-state index >= 15 is 0 Å². The monoisotopic (exact) mass is 368 g/mol. The summed E-state index contributed by atoms with van der Waals surface area (Å²) in [6, 6.07) is 5.97. The molecule has 2 N–H and O–H groups in total. The Hall–Kier alpha value is -1.95. The normalized spacial score (nSPS) is 28.3. The zero-order valence-corrected chi connectivity index (χ0v) is 15.8. The Morgan fingerprint density at radius 1 is 1.44 bits per heavy atom. The van der Waals surface area contributed by atoms with Crippen LogP contribution in [-0.2, 0) is 6.42 Å². The Kier molecular flexibility index (Phi) is 5.17. The van der Waals surface area contributed by atoms with Crippen molar-refractivity contribution < 1.29 is 14.9 Å². The van der Waals surface area contributed by atoms with E-state index in [0.717, 1.165) is 47.3 Å². The summed E-state index contributed by atoms with van der Waals surface area (Å²) < 4.78 is 5.52. The maximum atomic E-state index is 11.3. The molecule has 1 aromatic heterocycles. The van der Waals surface area contributed by atoms with Crippen LogP contribution in [0.5, 0.6) is 5.75 Å². The van der Waals surface area contributed by atoms with E-state index in [4.69, 9.17) is 4.74 Å². The van der Waals surface area contributed by atoms with Gasteiger partial charge in [0, 0.05) is 30.8 Å².